The minimum Gasteiger partial charge on any atom is -0.506 e. The molecule has 4 rings (SSSR count). The van der Waals surface area contributed by atoms with Crippen LogP contribution in [0.1, 0.15) is 5.56 Å². The first-order valence-corrected chi connectivity index (χ1v) is 10.8. The molecule has 0 saturated carbocycles. The van der Waals surface area contributed by atoms with Gasteiger partial charge in [0.2, 0.25) is 5.13 Å². The number of aromatic nitrogens is 1. The van der Waals surface area contributed by atoms with Crippen LogP contribution in [0.4, 0.5) is 5.13 Å². The number of phenolic OH excluding ortho intramolecular Hbond substituents is 1. The van der Waals surface area contributed by atoms with Gasteiger partial charge in [-0.2, -0.15) is 5.10 Å². The molecular weight excluding hydrogens is 461 g/mol. The third kappa shape index (κ3) is 4.60. The summed E-state index contributed by atoms with van der Waals surface area (Å²) in [6.07, 6.45) is 1.44. The van der Waals surface area contributed by atoms with E-state index in [0.717, 1.165) is 21.7 Å². The average Bonchev–Trinajstić information content (AvgIpc) is 3.17. The summed E-state index contributed by atoms with van der Waals surface area (Å²) in [5, 5.41) is 16.1. The van der Waals surface area contributed by atoms with Gasteiger partial charge in [0.15, 0.2) is 0 Å². The Kier molecular flexibility index (Phi) is 6.25. The molecule has 3 aromatic carbocycles. The van der Waals surface area contributed by atoms with Crippen molar-refractivity contribution in [2.75, 3.05) is 5.43 Å². The summed E-state index contributed by atoms with van der Waals surface area (Å²) in [4.78, 5) is 5.70. The fourth-order valence-corrected chi connectivity index (χ4v) is 4.38. The van der Waals surface area contributed by atoms with E-state index < -0.39 is 0 Å². The fraction of sp³-hybridized carbons (Fsp3) is 0. The van der Waals surface area contributed by atoms with Crippen LogP contribution in [0.3, 0.4) is 0 Å². The number of nitrogens with zero attached hydrogens (tertiary/aromatic N) is 2. The minimum absolute atomic E-state index is 0.0856. The van der Waals surface area contributed by atoms with Gasteiger partial charge >= 0.3 is 0 Å². The summed E-state index contributed by atoms with van der Waals surface area (Å²) < 4.78 is 0. The number of thiazole rings is 1. The topological polar surface area (TPSA) is 57.5 Å². The number of rotatable bonds is 5. The van der Waals surface area contributed by atoms with Crippen LogP contribution in [0.15, 0.2) is 71.8 Å². The zero-order chi connectivity index (χ0) is 21.1. The smallest absolute Gasteiger partial charge is 0.204 e. The van der Waals surface area contributed by atoms with Crippen molar-refractivity contribution >= 4 is 57.5 Å². The maximum atomic E-state index is 10.1. The molecule has 0 atom stereocenters. The van der Waals surface area contributed by atoms with E-state index in [0.29, 0.717) is 20.7 Å². The highest BCUT2D eigenvalue weighted by Gasteiger charge is 2.15. The fourth-order valence-electron chi connectivity index (χ4n) is 2.80. The molecule has 30 heavy (non-hydrogen) atoms. The van der Waals surface area contributed by atoms with E-state index in [1.165, 1.54) is 23.6 Å². The van der Waals surface area contributed by atoms with Crippen molar-refractivity contribution in [3.05, 3.63) is 87.4 Å². The molecule has 0 fully saturated rings. The molecule has 0 bridgehead atoms. The van der Waals surface area contributed by atoms with Crippen LogP contribution < -0.4 is 5.43 Å². The summed E-state index contributed by atoms with van der Waals surface area (Å²) in [6, 6.07) is 20.6. The van der Waals surface area contributed by atoms with Gasteiger partial charge in [0.05, 0.1) is 21.8 Å². The number of nitrogens with one attached hydrogen (secondary N) is 1. The molecule has 8 heteroatoms. The number of anilines is 1. The standard InChI is InChI=1S/C22H14Cl3N3OS/c23-16-8-6-14(7-9-16)21-19(13-4-2-1-3-5-13)27-22(30-21)28-26-12-15-10-17(24)11-18(25)20(15)29/h1-12,29H,(H,27,28). The highest BCUT2D eigenvalue weighted by Crippen LogP contribution is 2.39. The van der Waals surface area contributed by atoms with Crippen LogP contribution in [0, 0.1) is 0 Å². The largest absolute Gasteiger partial charge is 0.506 e. The van der Waals surface area contributed by atoms with Crippen molar-refractivity contribution in [3.8, 4) is 27.4 Å². The quantitative estimate of drug-likeness (QED) is 0.231. The van der Waals surface area contributed by atoms with Gasteiger partial charge in [-0.1, -0.05) is 88.6 Å². The van der Waals surface area contributed by atoms with Gasteiger partial charge in [0.25, 0.3) is 0 Å². The van der Waals surface area contributed by atoms with Crippen molar-refractivity contribution in [3.63, 3.8) is 0 Å². The number of halogens is 3. The summed E-state index contributed by atoms with van der Waals surface area (Å²) in [6.45, 7) is 0. The molecule has 0 saturated heterocycles. The van der Waals surface area contributed by atoms with Gasteiger partial charge in [0, 0.05) is 21.2 Å². The lowest BCUT2D eigenvalue weighted by Crippen LogP contribution is -1.91. The lowest BCUT2D eigenvalue weighted by molar-refractivity contribution is 0.475. The molecule has 0 amide bonds. The molecule has 2 N–H and O–H groups in total. The molecule has 0 aliphatic carbocycles. The van der Waals surface area contributed by atoms with Crippen molar-refractivity contribution in [2.45, 2.75) is 0 Å². The van der Waals surface area contributed by atoms with E-state index in [4.69, 9.17) is 39.8 Å². The molecule has 0 spiro atoms. The number of hydrogen-bond acceptors (Lipinski definition) is 5. The lowest BCUT2D eigenvalue weighted by atomic mass is 10.1. The van der Waals surface area contributed by atoms with Crippen LogP contribution in [0.2, 0.25) is 15.1 Å². The molecular formula is C22H14Cl3N3OS. The second-order valence-corrected chi connectivity index (χ2v) is 8.54. The van der Waals surface area contributed by atoms with E-state index in [1.54, 1.807) is 6.07 Å². The van der Waals surface area contributed by atoms with E-state index in [1.807, 2.05) is 54.6 Å². The van der Waals surface area contributed by atoms with Gasteiger partial charge in [0.1, 0.15) is 5.75 Å². The zero-order valence-corrected chi connectivity index (χ0v) is 18.4. The van der Waals surface area contributed by atoms with Crippen LogP contribution in [0.25, 0.3) is 21.7 Å². The van der Waals surface area contributed by atoms with Crippen LogP contribution in [-0.4, -0.2) is 16.3 Å². The lowest BCUT2D eigenvalue weighted by Gasteiger charge is -2.02. The highest BCUT2D eigenvalue weighted by molar-refractivity contribution is 7.19. The Labute approximate surface area is 192 Å². The van der Waals surface area contributed by atoms with Crippen molar-refractivity contribution < 1.29 is 5.11 Å². The van der Waals surface area contributed by atoms with Crippen LogP contribution in [-0.2, 0) is 0 Å². The number of hydrazone groups is 1. The van der Waals surface area contributed by atoms with Crippen LogP contribution in [0.5, 0.6) is 5.75 Å². The van der Waals surface area contributed by atoms with E-state index in [2.05, 4.69) is 10.5 Å². The molecule has 4 aromatic rings. The summed E-state index contributed by atoms with van der Waals surface area (Å²) in [5.41, 5.74) is 6.17. The maximum Gasteiger partial charge on any atom is 0.204 e. The normalized spacial score (nSPS) is 11.2. The number of benzene rings is 3. The second-order valence-electron chi connectivity index (χ2n) is 6.27. The number of hydrogen-bond donors (Lipinski definition) is 2. The molecule has 0 aliphatic rings. The third-order valence-electron chi connectivity index (χ3n) is 4.20. The zero-order valence-electron chi connectivity index (χ0n) is 15.3. The predicted octanol–water partition coefficient (Wildman–Crippen LogP) is 7.59. The van der Waals surface area contributed by atoms with Gasteiger partial charge in [-0.25, -0.2) is 4.98 Å². The minimum atomic E-state index is -0.0856. The van der Waals surface area contributed by atoms with Crippen molar-refractivity contribution in [1.29, 1.82) is 0 Å². The van der Waals surface area contributed by atoms with Crippen LogP contribution >= 0.6 is 46.1 Å². The Hall–Kier alpha value is -2.57. The number of aromatic hydroxyl groups is 1. The SMILES string of the molecule is Oc1c(Cl)cc(Cl)cc1C=NNc1nc(-c2ccccc2)c(-c2ccc(Cl)cc2)s1. The molecule has 150 valence electrons. The first-order chi connectivity index (χ1) is 14.5. The van der Waals surface area contributed by atoms with E-state index >= 15 is 0 Å². The first kappa shape index (κ1) is 20.7. The highest BCUT2D eigenvalue weighted by atomic mass is 35.5. The van der Waals surface area contributed by atoms with Crippen molar-refractivity contribution in [1.82, 2.24) is 4.98 Å². The summed E-state index contributed by atoms with van der Waals surface area (Å²) >= 11 is 19.4. The first-order valence-electron chi connectivity index (χ1n) is 8.80. The Morgan fingerprint density at radius 3 is 2.37 bits per heavy atom. The molecule has 0 unspecified atom stereocenters. The molecule has 1 aromatic heterocycles. The molecule has 0 aliphatic heterocycles. The Morgan fingerprint density at radius 1 is 0.900 bits per heavy atom. The molecule has 4 nitrogen and oxygen atoms in total. The summed E-state index contributed by atoms with van der Waals surface area (Å²) in [7, 11) is 0. The third-order valence-corrected chi connectivity index (χ3v) is 5.97. The summed E-state index contributed by atoms with van der Waals surface area (Å²) in [5.74, 6) is -0.0856. The Morgan fingerprint density at radius 2 is 1.63 bits per heavy atom. The average molecular weight is 475 g/mol. The van der Waals surface area contributed by atoms with Gasteiger partial charge in [-0.15, -0.1) is 0 Å². The molecule has 1 heterocycles. The van der Waals surface area contributed by atoms with E-state index in [-0.39, 0.29) is 10.8 Å². The van der Waals surface area contributed by atoms with Gasteiger partial charge in [-0.05, 0) is 29.8 Å². The van der Waals surface area contributed by atoms with E-state index in [9.17, 15) is 5.11 Å². The predicted molar refractivity (Wildman–Crippen MR) is 127 cm³/mol. The monoisotopic (exact) mass is 473 g/mol. The maximum absolute atomic E-state index is 10.1. The second kappa shape index (κ2) is 9.06. The molecule has 0 radical (unpaired) electrons. The van der Waals surface area contributed by atoms with Gasteiger partial charge < -0.3 is 5.11 Å². The Balaban J connectivity index is 1.67. The van der Waals surface area contributed by atoms with Gasteiger partial charge in [-0.3, -0.25) is 5.43 Å². The van der Waals surface area contributed by atoms with Crippen molar-refractivity contribution in [2.24, 2.45) is 5.10 Å². The number of phenols is 1. The Bertz CT molecular complexity index is 1210.